The van der Waals surface area contributed by atoms with E-state index in [4.69, 9.17) is 4.52 Å². The zero-order chi connectivity index (χ0) is 15.8. The summed E-state index contributed by atoms with van der Waals surface area (Å²) in [4.78, 5) is 8.73. The molecule has 0 unspecified atom stereocenters. The van der Waals surface area contributed by atoms with Gasteiger partial charge in [0.25, 0.3) is 5.89 Å². The van der Waals surface area contributed by atoms with Crippen LogP contribution in [0.3, 0.4) is 0 Å². The Labute approximate surface area is 131 Å². The van der Waals surface area contributed by atoms with Crippen molar-refractivity contribution in [3.63, 3.8) is 0 Å². The molecule has 4 rings (SSSR count). The molecule has 0 spiro atoms. The second-order valence-electron chi connectivity index (χ2n) is 5.17. The van der Waals surface area contributed by atoms with E-state index in [1.807, 2.05) is 24.5 Å². The van der Waals surface area contributed by atoms with Gasteiger partial charge < -0.3 is 9.09 Å². The molecule has 5 nitrogen and oxygen atoms in total. The Morgan fingerprint density at radius 3 is 2.87 bits per heavy atom. The average Bonchev–Trinajstić information content (AvgIpc) is 3.21. The number of halogens is 1. The van der Waals surface area contributed by atoms with E-state index in [1.165, 1.54) is 12.1 Å². The molecule has 0 saturated heterocycles. The van der Waals surface area contributed by atoms with Crippen molar-refractivity contribution >= 4 is 11.0 Å². The molecule has 6 heteroatoms. The van der Waals surface area contributed by atoms with E-state index in [-0.39, 0.29) is 5.82 Å². The van der Waals surface area contributed by atoms with Gasteiger partial charge in [0.2, 0.25) is 5.82 Å². The van der Waals surface area contributed by atoms with Crippen LogP contribution in [0.4, 0.5) is 4.39 Å². The molecule has 0 aliphatic carbocycles. The van der Waals surface area contributed by atoms with Gasteiger partial charge in [-0.05, 0) is 43.3 Å². The third-order valence-electron chi connectivity index (χ3n) is 3.72. The van der Waals surface area contributed by atoms with E-state index in [1.54, 1.807) is 12.1 Å². The first kappa shape index (κ1) is 13.6. The summed E-state index contributed by atoms with van der Waals surface area (Å²) in [5, 5.41) is 3.98. The van der Waals surface area contributed by atoms with Gasteiger partial charge in [-0.15, -0.1) is 0 Å². The van der Waals surface area contributed by atoms with E-state index in [0.29, 0.717) is 17.3 Å². The fourth-order valence-electron chi connectivity index (χ4n) is 2.53. The lowest BCUT2D eigenvalue weighted by molar-refractivity contribution is 0.432. The van der Waals surface area contributed by atoms with Crippen LogP contribution >= 0.6 is 0 Å². The molecule has 2 heterocycles. The maximum atomic E-state index is 13.3. The van der Waals surface area contributed by atoms with Crippen molar-refractivity contribution < 1.29 is 8.91 Å². The highest BCUT2D eigenvalue weighted by atomic mass is 19.1. The van der Waals surface area contributed by atoms with Crippen LogP contribution in [0.2, 0.25) is 0 Å². The fraction of sp³-hybridized carbons (Fsp3) is 0.118. The Balaban J connectivity index is 1.74. The van der Waals surface area contributed by atoms with Crippen LogP contribution in [0.25, 0.3) is 33.9 Å². The second kappa shape index (κ2) is 5.31. The van der Waals surface area contributed by atoms with E-state index >= 15 is 0 Å². The van der Waals surface area contributed by atoms with Crippen molar-refractivity contribution in [2.24, 2.45) is 0 Å². The van der Waals surface area contributed by atoms with Gasteiger partial charge in [-0.2, -0.15) is 4.98 Å². The zero-order valence-electron chi connectivity index (χ0n) is 12.4. The van der Waals surface area contributed by atoms with E-state index in [2.05, 4.69) is 26.6 Å². The predicted molar refractivity (Wildman–Crippen MR) is 84.1 cm³/mol. The van der Waals surface area contributed by atoms with Crippen LogP contribution in [0.5, 0.6) is 0 Å². The second-order valence-corrected chi connectivity index (χ2v) is 5.17. The number of aryl methyl sites for hydroxylation is 1. The molecule has 0 amide bonds. The van der Waals surface area contributed by atoms with Gasteiger partial charge in [-0.1, -0.05) is 11.2 Å². The highest BCUT2D eigenvalue weighted by molar-refractivity contribution is 5.80. The van der Waals surface area contributed by atoms with Gasteiger partial charge >= 0.3 is 0 Å². The first-order valence-electron chi connectivity index (χ1n) is 7.29. The van der Waals surface area contributed by atoms with Crippen LogP contribution in [0, 0.1) is 5.82 Å². The van der Waals surface area contributed by atoms with Crippen molar-refractivity contribution in [1.82, 2.24) is 19.7 Å². The molecule has 2 aromatic carbocycles. The summed E-state index contributed by atoms with van der Waals surface area (Å²) in [6.45, 7) is 2.93. The molecule has 0 saturated carbocycles. The maximum absolute atomic E-state index is 13.3. The quantitative estimate of drug-likeness (QED) is 0.576. The molecule has 0 aliphatic rings. The highest BCUT2D eigenvalue weighted by Gasteiger charge is 2.12. The van der Waals surface area contributed by atoms with E-state index < -0.39 is 0 Å². The molecule has 2 aromatic heterocycles. The topological polar surface area (TPSA) is 56.7 Å². The van der Waals surface area contributed by atoms with Gasteiger partial charge in [-0.25, -0.2) is 9.37 Å². The minimum Gasteiger partial charge on any atom is -0.334 e. The molecule has 0 aliphatic heterocycles. The van der Waals surface area contributed by atoms with Crippen LogP contribution in [0.1, 0.15) is 6.92 Å². The SMILES string of the molecule is CCn1cnc2cc(-c3noc(-c4cccc(F)c4)n3)ccc21. The Morgan fingerprint density at radius 1 is 1.13 bits per heavy atom. The largest absolute Gasteiger partial charge is 0.334 e. The minimum absolute atomic E-state index is 0.290. The lowest BCUT2D eigenvalue weighted by Gasteiger charge is -1.99. The normalized spacial score (nSPS) is 11.2. The summed E-state index contributed by atoms with van der Waals surface area (Å²) < 4.78 is 20.6. The summed E-state index contributed by atoms with van der Waals surface area (Å²) in [5.41, 5.74) is 3.30. The molecular weight excluding hydrogens is 295 g/mol. The van der Waals surface area contributed by atoms with Gasteiger partial charge in [0, 0.05) is 17.7 Å². The highest BCUT2D eigenvalue weighted by Crippen LogP contribution is 2.25. The molecule has 0 bridgehead atoms. The molecule has 0 N–H and O–H groups in total. The standard InChI is InChI=1S/C17H13FN4O/c1-2-22-10-19-14-9-11(6-7-15(14)22)16-20-17(23-21-16)12-4-3-5-13(18)8-12/h3-10H,2H2,1H3. The van der Waals surface area contributed by atoms with Gasteiger partial charge in [0.05, 0.1) is 17.4 Å². The fourth-order valence-corrected chi connectivity index (χ4v) is 2.53. The zero-order valence-corrected chi connectivity index (χ0v) is 12.4. The van der Waals surface area contributed by atoms with Crippen LogP contribution in [-0.2, 0) is 6.54 Å². The van der Waals surface area contributed by atoms with Crippen molar-refractivity contribution in [2.45, 2.75) is 13.5 Å². The van der Waals surface area contributed by atoms with Crippen molar-refractivity contribution in [3.8, 4) is 22.8 Å². The van der Waals surface area contributed by atoms with Crippen LogP contribution < -0.4 is 0 Å². The molecular formula is C17H13FN4O. The average molecular weight is 308 g/mol. The lowest BCUT2D eigenvalue weighted by atomic mass is 10.2. The number of hydrogen-bond donors (Lipinski definition) is 0. The monoisotopic (exact) mass is 308 g/mol. The number of fused-ring (bicyclic) bond motifs is 1. The van der Waals surface area contributed by atoms with E-state index in [9.17, 15) is 4.39 Å². The number of hydrogen-bond acceptors (Lipinski definition) is 4. The summed E-state index contributed by atoms with van der Waals surface area (Å²) in [5.74, 6) is 0.407. The van der Waals surface area contributed by atoms with Gasteiger partial charge in [0.15, 0.2) is 0 Å². The summed E-state index contributed by atoms with van der Waals surface area (Å²) in [6, 6.07) is 11.9. The minimum atomic E-state index is -0.339. The molecule has 0 radical (unpaired) electrons. The Kier molecular flexibility index (Phi) is 3.15. The molecule has 114 valence electrons. The number of rotatable bonds is 3. The summed E-state index contributed by atoms with van der Waals surface area (Å²) in [7, 11) is 0. The predicted octanol–water partition coefficient (Wildman–Crippen LogP) is 3.91. The van der Waals surface area contributed by atoms with Crippen molar-refractivity contribution in [2.75, 3.05) is 0 Å². The van der Waals surface area contributed by atoms with Gasteiger partial charge in [0.1, 0.15) is 5.82 Å². The van der Waals surface area contributed by atoms with Crippen LogP contribution in [-0.4, -0.2) is 19.7 Å². The summed E-state index contributed by atoms with van der Waals surface area (Å²) in [6.07, 6.45) is 1.81. The lowest BCUT2D eigenvalue weighted by Crippen LogP contribution is -1.90. The van der Waals surface area contributed by atoms with Crippen LogP contribution in [0.15, 0.2) is 53.3 Å². The first-order valence-corrected chi connectivity index (χ1v) is 7.29. The molecule has 23 heavy (non-hydrogen) atoms. The number of nitrogens with zero attached hydrogens (tertiary/aromatic N) is 4. The number of aromatic nitrogens is 4. The number of benzene rings is 2. The molecule has 0 fully saturated rings. The summed E-state index contributed by atoms with van der Waals surface area (Å²) >= 11 is 0. The Morgan fingerprint density at radius 2 is 2.04 bits per heavy atom. The van der Waals surface area contributed by atoms with E-state index in [0.717, 1.165) is 23.1 Å². The maximum Gasteiger partial charge on any atom is 0.258 e. The van der Waals surface area contributed by atoms with Gasteiger partial charge in [-0.3, -0.25) is 0 Å². The Hall–Kier alpha value is -3.02. The number of imidazole rings is 1. The smallest absolute Gasteiger partial charge is 0.258 e. The molecule has 4 aromatic rings. The third-order valence-corrected chi connectivity index (χ3v) is 3.72. The first-order chi connectivity index (χ1) is 11.2. The third kappa shape index (κ3) is 2.38. The molecule has 0 atom stereocenters. The Bertz CT molecular complexity index is 989. The van der Waals surface area contributed by atoms with Crippen molar-refractivity contribution in [1.29, 1.82) is 0 Å². The van der Waals surface area contributed by atoms with Crippen molar-refractivity contribution in [3.05, 3.63) is 54.6 Å².